The fourth-order valence-corrected chi connectivity index (χ4v) is 2.25. The molecule has 1 N–H and O–H groups in total. The monoisotopic (exact) mass is 245 g/mol. The van der Waals surface area contributed by atoms with Crippen molar-refractivity contribution in [2.24, 2.45) is 0 Å². The number of rotatable bonds is 1. The summed E-state index contributed by atoms with van der Waals surface area (Å²) in [6.45, 7) is 0. The number of phenolic OH excluding ortho intramolecular Hbond substituents is 1. The van der Waals surface area contributed by atoms with Gasteiger partial charge in [-0.15, -0.1) is 11.3 Å². The lowest BCUT2D eigenvalue weighted by molar-refractivity contribution is 0.473. The Bertz CT molecular complexity index is 731. The number of phenols is 1. The highest BCUT2D eigenvalue weighted by Crippen LogP contribution is 2.24. The third kappa shape index (κ3) is 1.70. The van der Waals surface area contributed by atoms with E-state index in [2.05, 4.69) is 4.98 Å². The second-order valence-corrected chi connectivity index (χ2v) is 4.40. The van der Waals surface area contributed by atoms with Crippen molar-refractivity contribution in [1.82, 2.24) is 4.98 Å². The first-order valence-corrected chi connectivity index (χ1v) is 5.79. The van der Waals surface area contributed by atoms with E-state index in [0.29, 0.717) is 16.2 Å². The molecule has 0 aliphatic carbocycles. The van der Waals surface area contributed by atoms with E-state index >= 15 is 0 Å². The Labute approximate surface area is 99.8 Å². The Hall–Kier alpha value is -2.14. The fourth-order valence-electron chi connectivity index (χ4n) is 1.61. The molecule has 5 heteroatoms. The number of thiazole rings is 1. The minimum Gasteiger partial charge on any atom is -0.508 e. The first kappa shape index (κ1) is 10.0. The van der Waals surface area contributed by atoms with Gasteiger partial charge in [0.25, 0.3) is 0 Å². The van der Waals surface area contributed by atoms with Crippen LogP contribution in [0.25, 0.3) is 21.5 Å². The van der Waals surface area contributed by atoms with Gasteiger partial charge in [-0.05, 0) is 18.2 Å². The summed E-state index contributed by atoms with van der Waals surface area (Å²) in [6, 6.07) is 6.39. The van der Waals surface area contributed by atoms with Crippen LogP contribution in [0.3, 0.4) is 0 Å². The van der Waals surface area contributed by atoms with E-state index < -0.39 is 5.63 Å². The van der Waals surface area contributed by atoms with E-state index in [1.54, 1.807) is 29.8 Å². The molecule has 0 unspecified atom stereocenters. The molecule has 0 aliphatic rings. The molecule has 0 saturated carbocycles. The lowest BCUT2D eigenvalue weighted by Gasteiger charge is -1.99. The molecule has 0 amide bonds. The second kappa shape index (κ2) is 3.71. The summed E-state index contributed by atoms with van der Waals surface area (Å²) in [4.78, 5) is 15.8. The van der Waals surface area contributed by atoms with Crippen LogP contribution in [0, 0.1) is 0 Å². The van der Waals surface area contributed by atoms with Gasteiger partial charge >= 0.3 is 5.63 Å². The van der Waals surface area contributed by atoms with E-state index in [4.69, 9.17) is 4.42 Å². The summed E-state index contributed by atoms with van der Waals surface area (Å²) >= 11 is 1.38. The van der Waals surface area contributed by atoms with Crippen molar-refractivity contribution in [3.05, 3.63) is 46.3 Å². The van der Waals surface area contributed by atoms with E-state index in [0.717, 1.165) is 5.39 Å². The highest BCUT2D eigenvalue weighted by atomic mass is 32.1. The minimum atomic E-state index is -0.446. The lowest BCUT2D eigenvalue weighted by Crippen LogP contribution is -2.02. The molecular weight excluding hydrogens is 238 g/mol. The number of hydrogen-bond donors (Lipinski definition) is 1. The van der Waals surface area contributed by atoms with Gasteiger partial charge < -0.3 is 9.52 Å². The minimum absolute atomic E-state index is 0.0719. The SMILES string of the molecule is O=c1oc2cc(O)ccc2cc1-c1nccs1. The van der Waals surface area contributed by atoms with Gasteiger partial charge in [0.05, 0.1) is 5.56 Å². The van der Waals surface area contributed by atoms with Crippen LogP contribution in [0.4, 0.5) is 0 Å². The molecule has 3 aromatic rings. The Morgan fingerprint density at radius 1 is 1.29 bits per heavy atom. The van der Waals surface area contributed by atoms with Gasteiger partial charge in [-0.1, -0.05) is 0 Å². The fraction of sp³-hybridized carbons (Fsp3) is 0. The maximum absolute atomic E-state index is 11.8. The molecule has 0 fully saturated rings. The molecule has 3 rings (SSSR count). The van der Waals surface area contributed by atoms with Crippen LogP contribution in [0.2, 0.25) is 0 Å². The highest BCUT2D eigenvalue weighted by Gasteiger charge is 2.09. The van der Waals surface area contributed by atoms with Crippen molar-refractivity contribution in [2.45, 2.75) is 0 Å². The van der Waals surface area contributed by atoms with Crippen molar-refractivity contribution >= 4 is 22.3 Å². The van der Waals surface area contributed by atoms with Gasteiger partial charge in [-0.3, -0.25) is 0 Å². The molecule has 4 nitrogen and oxygen atoms in total. The number of aromatic hydroxyl groups is 1. The van der Waals surface area contributed by atoms with Crippen molar-refractivity contribution in [2.75, 3.05) is 0 Å². The average molecular weight is 245 g/mol. The molecule has 0 atom stereocenters. The summed E-state index contributed by atoms with van der Waals surface area (Å²) in [7, 11) is 0. The Morgan fingerprint density at radius 3 is 2.94 bits per heavy atom. The average Bonchev–Trinajstić information content (AvgIpc) is 2.81. The molecule has 0 bridgehead atoms. The molecule has 1 aromatic carbocycles. The second-order valence-electron chi connectivity index (χ2n) is 3.51. The zero-order valence-corrected chi connectivity index (χ0v) is 9.40. The predicted octanol–water partition coefficient (Wildman–Crippen LogP) is 2.62. The van der Waals surface area contributed by atoms with E-state index in [1.807, 2.05) is 0 Å². The van der Waals surface area contributed by atoms with Crippen molar-refractivity contribution in [1.29, 1.82) is 0 Å². The van der Waals surface area contributed by atoms with Crippen molar-refractivity contribution in [3.8, 4) is 16.3 Å². The maximum Gasteiger partial charge on any atom is 0.346 e. The summed E-state index contributed by atoms with van der Waals surface area (Å²) in [5.41, 5.74) is 0.367. The summed E-state index contributed by atoms with van der Waals surface area (Å²) in [6.07, 6.45) is 1.64. The number of aromatic nitrogens is 1. The van der Waals surface area contributed by atoms with Gasteiger partial charge in [0.1, 0.15) is 16.3 Å². The number of nitrogens with zero attached hydrogens (tertiary/aromatic N) is 1. The first-order valence-electron chi connectivity index (χ1n) is 4.91. The summed E-state index contributed by atoms with van der Waals surface area (Å²) in [5, 5.41) is 12.5. The molecule has 2 aromatic heterocycles. The number of benzene rings is 1. The molecular formula is C12H7NO3S. The third-order valence-corrected chi connectivity index (χ3v) is 3.19. The van der Waals surface area contributed by atoms with Crippen LogP contribution in [0.15, 0.2) is 45.1 Å². The van der Waals surface area contributed by atoms with Crippen molar-refractivity contribution < 1.29 is 9.52 Å². The summed E-state index contributed by atoms with van der Waals surface area (Å²) < 4.78 is 5.15. The Balaban J connectivity index is 2.32. The zero-order chi connectivity index (χ0) is 11.8. The molecule has 84 valence electrons. The van der Waals surface area contributed by atoms with E-state index in [9.17, 15) is 9.90 Å². The first-order chi connectivity index (χ1) is 8.24. The quantitative estimate of drug-likeness (QED) is 0.669. The van der Waals surface area contributed by atoms with Gasteiger partial charge in [0, 0.05) is 23.0 Å². The standard InChI is InChI=1S/C12H7NO3S/c14-8-2-1-7-5-9(11-13-3-4-17-11)12(15)16-10(7)6-8/h1-6,14H. The normalized spacial score (nSPS) is 10.8. The maximum atomic E-state index is 11.8. The van der Waals surface area contributed by atoms with Crippen LogP contribution < -0.4 is 5.63 Å². The molecule has 0 spiro atoms. The molecule has 0 aliphatic heterocycles. The van der Waals surface area contributed by atoms with Gasteiger partial charge in [-0.25, -0.2) is 9.78 Å². The molecule has 0 saturated heterocycles. The molecule has 17 heavy (non-hydrogen) atoms. The molecule has 0 radical (unpaired) electrons. The van der Waals surface area contributed by atoms with Crippen LogP contribution >= 0.6 is 11.3 Å². The van der Waals surface area contributed by atoms with Gasteiger partial charge in [-0.2, -0.15) is 0 Å². The van der Waals surface area contributed by atoms with Crippen LogP contribution in [0.1, 0.15) is 0 Å². The number of hydrogen-bond acceptors (Lipinski definition) is 5. The van der Waals surface area contributed by atoms with Gasteiger partial charge in [0.2, 0.25) is 0 Å². The van der Waals surface area contributed by atoms with Crippen LogP contribution in [-0.2, 0) is 0 Å². The van der Waals surface area contributed by atoms with Gasteiger partial charge in [0.15, 0.2) is 0 Å². The number of fused-ring (bicyclic) bond motifs is 1. The topological polar surface area (TPSA) is 63.3 Å². The predicted molar refractivity (Wildman–Crippen MR) is 65.3 cm³/mol. The van der Waals surface area contributed by atoms with Crippen LogP contribution in [0.5, 0.6) is 5.75 Å². The summed E-state index contributed by atoms with van der Waals surface area (Å²) in [5.74, 6) is 0.0719. The van der Waals surface area contributed by atoms with Crippen molar-refractivity contribution in [3.63, 3.8) is 0 Å². The Morgan fingerprint density at radius 2 is 2.18 bits per heavy atom. The van der Waals surface area contributed by atoms with Crippen LogP contribution in [-0.4, -0.2) is 10.1 Å². The largest absolute Gasteiger partial charge is 0.508 e. The molecule has 2 heterocycles. The lowest BCUT2D eigenvalue weighted by atomic mass is 10.2. The Kier molecular flexibility index (Phi) is 2.19. The van der Waals surface area contributed by atoms with E-state index in [-0.39, 0.29) is 5.75 Å². The highest BCUT2D eigenvalue weighted by molar-refractivity contribution is 7.13. The smallest absolute Gasteiger partial charge is 0.346 e. The third-order valence-electron chi connectivity index (χ3n) is 2.38. The zero-order valence-electron chi connectivity index (χ0n) is 8.58. The van der Waals surface area contributed by atoms with E-state index in [1.165, 1.54) is 17.4 Å².